The van der Waals surface area contributed by atoms with E-state index < -0.39 is 0 Å². The van der Waals surface area contributed by atoms with Crippen LogP contribution < -0.4 is 11.1 Å². The zero-order valence-electron chi connectivity index (χ0n) is 10.9. The van der Waals surface area contributed by atoms with E-state index in [2.05, 4.69) is 15.3 Å². The van der Waals surface area contributed by atoms with Crippen LogP contribution in [0.5, 0.6) is 0 Å². The van der Waals surface area contributed by atoms with Gasteiger partial charge in [-0.25, -0.2) is 4.98 Å². The Hall–Kier alpha value is -2.34. The number of anilines is 1. The molecule has 0 saturated heterocycles. The van der Waals surface area contributed by atoms with Crippen LogP contribution in [-0.2, 0) is 6.54 Å². The summed E-state index contributed by atoms with van der Waals surface area (Å²) in [6.07, 6.45) is 3.51. The number of nitrogen functional groups attached to an aromatic ring is 1. The number of H-pyrrole nitrogens is 1. The largest absolute Gasteiger partial charge is 0.399 e. The number of aromatic amines is 1. The fourth-order valence-electron chi connectivity index (χ4n) is 2.06. The molecule has 0 aliphatic heterocycles. The van der Waals surface area contributed by atoms with E-state index in [1.165, 1.54) is 0 Å². The molecule has 20 heavy (non-hydrogen) atoms. The molecule has 2 aromatic heterocycles. The van der Waals surface area contributed by atoms with Crippen molar-refractivity contribution in [2.45, 2.75) is 13.5 Å². The number of aryl methyl sites for hydroxylation is 1. The lowest BCUT2D eigenvalue weighted by Crippen LogP contribution is -2.22. The van der Waals surface area contributed by atoms with Gasteiger partial charge in [-0.15, -0.1) is 11.3 Å². The van der Waals surface area contributed by atoms with Gasteiger partial charge in [0.05, 0.1) is 12.1 Å². The Bertz CT molecular complexity index is 774. The van der Waals surface area contributed by atoms with Gasteiger partial charge in [0.2, 0.25) is 0 Å². The predicted molar refractivity (Wildman–Crippen MR) is 80.7 cm³/mol. The van der Waals surface area contributed by atoms with Crippen molar-refractivity contribution in [2.75, 3.05) is 5.73 Å². The number of benzene rings is 1. The monoisotopic (exact) mass is 286 g/mol. The van der Waals surface area contributed by atoms with Crippen LogP contribution in [0.4, 0.5) is 5.69 Å². The maximum atomic E-state index is 12.2. The van der Waals surface area contributed by atoms with Gasteiger partial charge in [0.15, 0.2) is 0 Å². The number of thiazole rings is 1. The molecule has 0 aliphatic carbocycles. The second-order valence-electron chi connectivity index (χ2n) is 4.55. The second kappa shape index (κ2) is 4.97. The molecule has 0 unspecified atom stereocenters. The summed E-state index contributed by atoms with van der Waals surface area (Å²) in [5.41, 5.74) is 7.90. The second-order valence-corrected chi connectivity index (χ2v) is 5.87. The highest BCUT2D eigenvalue weighted by Gasteiger charge is 2.12. The minimum atomic E-state index is -0.130. The SMILES string of the molecule is Cc1cnc(CNC(=O)c2c[nH]c3ccc(N)cc23)s1. The number of amides is 1. The van der Waals surface area contributed by atoms with Crippen LogP contribution in [-0.4, -0.2) is 15.9 Å². The maximum Gasteiger partial charge on any atom is 0.253 e. The third kappa shape index (κ3) is 2.37. The molecule has 0 atom stereocenters. The topological polar surface area (TPSA) is 83.8 Å². The maximum absolute atomic E-state index is 12.2. The third-order valence-corrected chi connectivity index (χ3v) is 3.93. The summed E-state index contributed by atoms with van der Waals surface area (Å²) >= 11 is 1.58. The van der Waals surface area contributed by atoms with Crippen LogP contribution >= 0.6 is 11.3 Å². The molecule has 0 spiro atoms. The van der Waals surface area contributed by atoms with Crippen molar-refractivity contribution >= 4 is 33.8 Å². The smallest absolute Gasteiger partial charge is 0.253 e. The Morgan fingerprint density at radius 1 is 1.50 bits per heavy atom. The van der Waals surface area contributed by atoms with Crippen LogP contribution in [0.2, 0.25) is 0 Å². The fourth-order valence-corrected chi connectivity index (χ4v) is 2.79. The molecule has 0 saturated carbocycles. The van der Waals surface area contributed by atoms with Crippen molar-refractivity contribution in [3.05, 3.63) is 46.0 Å². The standard InChI is InChI=1S/C14H14N4OS/c1-8-5-17-13(20-8)7-18-14(19)11-6-16-12-3-2-9(15)4-10(11)12/h2-6,16H,7,15H2,1H3,(H,18,19). The summed E-state index contributed by atoms with van der Waals surface area (Å²) in [6.45, 7) is 2.43. The number of fused-ring (bicyclic) bond motifs is 1. The summed E-state index contributed by atoms with van der Waals surface area (Å²) in [6, 6.07) is 5.47. The molecule has 6 heteroatoms. The summed E-state index contributed by atoms with van der Waals surface area (Å²) < 4.78 is 0. The van der Waals surface area contributed by atoms with Gasteiger partial charge in [0.1, 0.15) is 5.01 Å². The predicted octanol–water partition coefficient (Wildman–Crippen LogP) is 2.45. The average Bonchev–Trinajstić information content (AvgIpc) is 3.02. The van der Waals surface area contributed by atoms with Gasteiger partial charge in [-0.2, -0.15) is 0 Å². The number of carbonyl (C=O) groups excluding carboxylic acids is 1. The summed E-state index contributed by atoms with van der Waals surface area (Å²) in [5, 5.41) is 4.60. The number of nitrogens with zero attached hydrogens (tertiary/aromatic N) is 1. The van der Waals surface area contributed by atoms with Gasteiger partial charge < -0.3 is 16.0 Å². The van der Waals surface area contributed by atoms with Crippen molar-refractivity contribution in [3.8, 4) is 0 Å². The van der Waals surface area contributed by atoms with Crippen LogP contribution in [0.15, 0.2) is 30.6 Å². The molecule has 0 bridgehead atoms. The quantitative estimate of drug-likeness (QED) is 0.647. The van der Waals surface area contributed by atoms with Crippen LogP contribution in [0.3, 0.4) is 0 Å². The first-order valence-electron chi connectivity index (χ1n) is 6.19. The third-order valence-electron chi connectivity index (χ3n) is 3.02. The number of rotatable bonds is 3. The van der Waals surface area contributed by atoms with Gasteiger partial charge in [-0.1, -0.05) is 0 Å². The Labute approximate surface area is 119 Å². The summed E-state index contributed by atoms with van der Waals surface area (Å²) in [5.74, 6) is -0.130. The molecule has 2 heterocycles. The number of nitrogens with one attached hydrogen (secondary N) is 2. The van der Waals surface area contributed by atoms with E-state index in [0.717, 1.165) is 20.8 Å². The molecular weight excluding hydrogens is 272 g/mol. The summed E-state index contributed by atoms with van der Waals surface area (Å²) in [7, 11) is 0. The Kier molecular flexibility index (Phi) is 3.15. The number of nitrogens with two attached hydrogens (primary N) is 1. The zero-order valence-corrected chi connectivity index (χ0v) is 11.8. The molecule has 3 aromatic rings. The Balaban J connectivity index is 1.80. The van der Waals surface area contributed by atoms with Crippen molar-refractivity contribution in [1.82, 2.24) is 15.3 Å². The molecule has 1 amide bonds. The van der Waals surface area contributed by atoms with Crippen molar-refractivity contribution in [2.24, 2.45) is 0 Å². The Morgan fingerprint density at radius 3 is 3.10 bits per heavy atom. The molecule has 102 valence electrons. The van der Waals surface area contributed by atoms with Gasteiger partial charge in [0, 0.05) is 33.9 Å². The first-order valence-corrected chi connectivity index (χ1v) is 7.01. The highest BCUT2D eigenvalue weighted by Crippen LogP contribution is 2.21. The minimum absolute atomic E-state index is 0.130. The zero-order chi connectivity index (χ0) is 14.1. The molecule has 0 radical (unpaired) electrons. The first-order chi connectivity index (χ1) is 9.63. The van der Waals surface area contributed by atoms with E-state index in [1.807, 2.05) is 13.0 Å². The molecule has 1 aromatic carbocycles. The van der Waals surface area contributed by atoms with Crippen molar-refractivity contribution in [1.29, 1.82) is 0 Å². The fraction of sp³-hybridized carbons (Fsp3) is 0.143. The summed E-state index contributed by atoms with van der Waals surface area (Å²) in [4.78, 5) is 20.6. The average molecular weight is 286 g/mol. The molecule has 5 nitrogen and oxygen atoms in total. The van der Waals surface area contributed by atoms with Crippen molar-refractivity contribution < 1.29 is 4.79 Å². The van der Waals surface area contributed by atoms with Gasteiger partial charge >= 0.3 is 0 Å². The molecule has 3 rings (SSSR count). The lowest BCUT2D eigenvalue weighted by molar-refractivity contribution is 0.0952. The molecule has 0 fully saturated rings. The molecule has 0 aliphatic rings. The van der Waals surface area contributed by atoms with E-state index >= 15 is 0 Å². The molecule has 4 N–H and O–H groups in total. The van der Waals surface area contributed by atoms with E-state index in [1.54, 1.807) is 35.9 Å². The first kappa shape index (κ1) is 12.7. The van der Waals surface area contributed by atoms with Gasteiger partial charge in [0.25, 0.3) is 5.91 Å². The number of carbonyl (C=O) groups is 1. The van der Waals surface area contributed by atoms with E-state index in [9.17, 15) is 4.79 Å². The Morgan fingerprint density at radius 2 is 2.35 bits per heavy atom. The van der Waals surface area contributed by atoms with E-state index in [0.29, 0.717) is 17.8 Å². The van der Waals surface area contributed by atoms with Crippen LogP contribution in [0, 0.1) is 6.92 Å². The number of hydrogen-bond donors (Lipinski definition) is 3. The highest BCUT2D eigenvalue weighted by molar-refractivity contribution is 7.11. The lowest BCUT2D eigenvalue weighted by Gasteiger charge is -2.02. The lowest BCUT2D eigenvalue weighted by atomic mass is 10.1. The van der Waals surface area contributed by atoms with E-state index in [-0.39, 0.29) is 5.91 Å². The van der Waals surface area contributed by atoms with Crippen LogP contribution in [0.1, 0.15) is 20.2 Å². The van der Waals surface area contributed by atoms with Crippen LogP contribution in [0.25, 0.3) is 10.9 Å². The molecular formula is C14H14N4OS. The highest BCUT2D eigenvalue weighted by atomic mass is 32.1. The number of hydrogen-bond acceptors (Lipinski definition) is 4. The van der Waals surface area contributed by atoms with E-state index in [4.69, 9.17) is 5.73 Å². The normalized spacial score (nSPS) is 10.8. The van der Waals surface area contributed by atoms with Gasteiger partial charge in [-0.05, 0) is 25.1 Å². The van der Waals surface area contributed by atoms with Crippen molar-refractivity contribution in [3.63, 3.8) is 0 Å². The van der Waals surface area contributed by atoms with Gasteiger partial charge in [-0.3, -0.25) is 4.79 Å². The number of aromatic nitrogens is 2. The minimum Gasteiger partial charge on any atom is -0.399 e.